The number of H-pyrrole nitrogens is 2. The molecule has 1 amide bonds. The largest absolute Gasteiger partial charge is 0.311 e. The summed E-state index contributed by atoms with van der Waals surface area (Å²) in [6, 6.07) is 4.94. The zero-order valence-corrected chi connectivity index (χ0v) is 11.4. The second-order valence-corrected chi connectivity index (χ2v) is 5.23. The molecule has 2 heterocycles. The van der Waals surface area contributed by atoms with Gasteiger partial charge in [-0.25, -0.2) is 0 Å². The fraction of sp³-hybridized carbons (Fsp3) is 0.308. The summed E-state index contributed by atoms with van der Waals surface area (Å²) in [5.41, 5.74) is -0.291. The number of carbonyl (C=O) groups is 1. The van der Waals surface area contributed by atoms with E-state index in [2.05, 4.69) is 22.8 Å². The number of amides is 1. The summed E-state index contributed by atoms with van der Waals surface area (Å²) >= 11 is 4.22. The van der Waals surface area contributed by atoms with Crippen LogP contribution >= 0.6 is 12.6 Å². The lowest BCUT2D eigenvalue weighted by molar-refractivity contribution is -0.117. The van der Waals surface area contributed by atoms with Gasteiger partial charge in [-0.05, 0) is 23.8 Å². The van der Waals surface area contributed by atoms with E-state index in [1.807, 2.05) is 0 Å². The fourth-order valence-corrected chi connectivity index (χ4v) is 2.82. The number of nitrogens with zero attached hydrogens (tertiary/aromatic N) is 1. The van der Waals surface area contributed by atoms with Crippen molar-refractivity contribution in [3.05, 3.63) is 38.9 Å². The van der Waals surface area contributed by atoms with Crippen molar-refractivity contribution in [2.45, 2.75) is 6.42 Å². The van der Waals surface area contributed by atoms with Crippen LogP contribution in [0.3, 0.4) is 0 Å². The number of anilines is 1. The molecular formula is C13H13N3O3S. The summed E-state index contributed by atoms with van der Waals surface area (Å²) in [6.07, 6.45) is 0.418. The molecule has 1 aromatic carbocycles. The average Bonchev–Trinajstić information content (AvgIpc) is 2.83. The molecule has 0 aliphatic carbocycles. The maximum atomic E-state index is 12.1. The molecule has 1 aliphatic heterocycles. The molecule has 1 saturated heterocycles. The normalized spacial score (nSPS) is 18.9. The molecule has 2 N–H and O–H groups in total. The number of hydrogen-bond acceptors (Lipinski definition) is 4. The van der Waals surface area contributed by atoms with E-state index in [0.29, 0.717) is 24.4 Å². The Balaban J connectivity index is 2.23. The van der Waals surface area contributed by atoms with Crippen molar-refractivity contribution in [3.63, 3.8) is 0 Å². The predicted octanol–water partition coefficient (Wildman–Crippen LogP) is 0.499. The first kappa shape index (κ1) is 13.0. The van der Waals surface area contributed by atoms with Crippen LogP contribution in [0, 0.1) is 5.92 Å². The number of fused-ring (bicyclic) bond motifs is 1. The van der Waals surface area contributed by atoms with Gasteiger partial charge in [-0.1, -0.05) is 6.07 Å². The molecule has 0 bridgehead atoms. The summed E-state index contributed by atoms with van der Waals surface area (Å²) in [6.45, 7) is 0.522. The van der Waals surface area contributed by atoms with Crippen LogP contribution in [-0.2, 0) is 4.79 Å². The van der Waals surface area contributed by atoms with Crippen LogP contribution < -0.4 is 16.0 Å². The third-order valence-corrected chi connectivity index (χ3v) is 4.07. The van der Waals surface area contributed by atoms with Crippen molar-refractivity contribution >= 4 is 35.0 Å². The first-order valence-corrected chi connectivity index (χ1v) is 6.90. The Hall–Kier alpha value is -2.02. The van der Waals surface area contributed by atoms with Crippen molar-refractivity contribution < 1.29 is 4.79 Å². The van der Waals surface area contributed by atoms with Crippen molar-refractivity contribution in [3.8, 4) is 0 Å². The van der Waals surface area contributed by atoms with E-state index >= 15 is 0 Å². The van der Waals surface area contributed by atoms with Crippen LogP contribution in [0.25, 0.3) is 10.8 Å². The van der Waals surface area contributed by atoms with Gasteiger partial charge in [0, 0.05) is 13.0 Å². The molecular weight excluding hydrogens is 278 g/mol. The Morgan fingerprint density at radius 2 is 1.95 bits per heavy atom. The number of carbonyl (C=O) groups excluding carboxylic acids is 1. The Bertz CT molecular complexity index is 795. The Morgan fingerprint density at radius 1 is 1.20 bits per heavy atom. The highest BCUT2D eigenvalue weighted by Gasteiger charge is 2.31. The number of benzene rings is 1. The molecule has 1 unspecified atom stereocenters. The van der Waals surface area contributed by atoms with Gasteiger partial charge in [0.1, 0.15) is 0 Å². The monoisotopic (exact) mass is 291 g/mol. The molecule has 1 aromatic heterocycles. The highest BCUT2D eigenvalue weighted by Crippen LogP contribution is 2.29. The van der Waals surface area contributed by atoms with Gasteiger partial charge in [-0.2, -0.15) is 12.6 Å². The zero-order valence-electron chi connectivity index (χ0n) is 10.5. The smallest absolute Gasteiger partial charge is 0.272 e. The van der Waals surface area contributed by atoms with E-state index in [1.165, 1.54) is 0 Å². The molecule has 1 aliphatic rings. The topological polar surface area (TPSA) is 86.0 Å². The van der Waals surface area contributed by atoms with Gasteiger partial charge in [0.2, 0.25) is 5.91 Å². The Kier molecular flexibility index (Phi) is 3.13. The van der Waals surface area contributed by atoms with Gasteiger partial charge in [0.25, 0.3) is 11.1 Å². The van der Waals surface area contributed by atoms with Gasteiger partial charge in [0.15, 0.2) is 0 Å². The quantitative estimate of drug-likeness (QED) is 0.704. The summed E-state index contributed by atoms with van der Waals surface area (Å²) < 4.78 is 0. The molecule has 3 rings (SSSR count). The summed E-state index contributed by atoms with van der Waals surface area (Å²) in [4.78, 5) is 37.4. The third kappa shape index (κ3) is 1.94. The highest BCUT2D eigenvalue weighted by atomic mass is 32.1. The molecule has 2 aromatic rings. The predicted molar refractivity (Wildman–Crippen MR) is 79.5 cm³/mol. The third-order valence-electron chi connectivity index (χ3n) is 3.56. The minimum Gasteiger partial charge on any atom is -0.311 e. The Morgan fingerprint density at radius 3 is 2.65 bits per heavy atom. The molecule has 0 spiro atoms. The molecule has 6 nitrogen and oxygen atoms in total. The number of rotatable bonds is 2. The number of nitrogens with one attached hydrogen (secondary N) is 2. The minimum absolute atomic E-state index is 0.0452. The van der Waals surface area contributed by atoms with E-state index in [9.17, 15) is 14.4 Å². The van der Waals surface area contributed by atoms with Gasteiger partial charge in [-0.15, -0.1) is 0 Å². The molecule has 7 heteroatoms. The van der Waals surface area contributed by atoms with Crippen LogP contribution in [0.15, 0.2) is 27.8 Å². The highest BCUT2D eigenvalue weighted by molar-refractivity contribution is 7.80. The number of thiol groups is 1. The van der Waals surface area contributed by atoms with Crippen LogP contribution in [0.2, 0.25) is 0 Å². The first-order chi connectivity index (χ1) is 9.61. The summed E-state index contributed by atoms with van der Waals surface area (Å²) in [7, 11) is 0. The first-order valence-electron chi connectivity index (χ1n) is 6.26. The summed E-state index contributed by atoms with van der Waals surface area (Å²) in [5, 5.41) is 5.12. The molecule has 20 heavy (non-hydrogen) atoms. The zero-order chi connectivity index (χ0) is 14.3. The van der Waals surface area contributed by atoms with Crippen molar-refractivity contribution in [2.75, 3.05) is 17.2 Å². The van der Waals surface area contributed by atoms with E-state index < -0.39 is 5.56 Å². The van der Waals surface area contributed by atoms with E-state index in [0.717, 1.165) is 0 Å². The number of hydrogen-bond donors (Lipinski definition) is 3. The lowest BCUT2D eigenvalue weighted by atomic mass is 10.1. The number of aromatic nitrogens is 2. The van der Waals surface area contributed by atoms with Gasteiger partial charge in [0.05, 0.1) is 16.5 Å². The van der Waals surface area contributed by atoms with Gasteiger partial charge >= 0.3 is 0 Å². The Labute approximate surface area is 119 Å². The molecule has 1 atom stereocenters. The lowest BCUT2D eigenvalue weighted by Crippen LogP contribution is -2.28. The van der Waals surface area contributed by atoms with Crippen LogP contribution in [0.4, 0.5) is 5.69 Å². The second-order valence-electron chi connectivity index (χ2n) is 4.87. The van der Waals surface area contributed by atoms with Crippen LogP contribution in [0.1, 0.15) is 6.42 Å². The standard InChI is InChI=1S/C13H13N3O3S/c17-10-4-7(6-20)5-16(10)9-3-1-2-8-11(9)13(19)15-14-12(8)18/h1-3,7,20H,4-6H2,(H,14,18)(H,15,19). The van der Waals surface area contributed by atoms with E-state index in [1.54, 1.807) is 23.1 Å². The summed E-state index contributed by atoms with van der Waals surface area (Å²) in [5.74, 6) is 0.739. The maximum Gasteiger partial charge on any atom is 0.272 e. The molecule has 0 radical (unpaired) electrons. The fourth-order valence-electron chi connectivity index (χ4n) is 2.57. The second kappa shape index (κ2) is 4.82. The van der Waals surface area contributed by atoms with Gasteiger partial charge < -0.3 is 4.90 Å². The maximum absolute atomic E-state index is 12.1. The van der Waals surface area contributed by atoms with Crippen LogP contribution in [0.5, 0.6) is 0 Å². The van der Waals surface area contributed by atoms with Crippen molar-refractivity contribution in [1.82, 2.24) is 10.2 Å². The molecule has 0 saturated carbocycles. The lowest BCUT2D eigenvalue weighted by Gasteiger charge is -2.18. The SMILES string of the molecule is O=C1CC(CS)CN1c1cccc2c(=O)[nH][nH]c(=O)c12. The van der Waals surface area contributed by atoms with E-state index in [-0.39, 0.29) is 28.2 Å². The number of aromatic amines is 2. The van der Waals surface area contributed by atoms with E-state index in [4.69, 9.17) is 0 Å². The van der Waals surface area contributed by atoms with Crippen molar-refractivity contribution in [2.24, 2.45) is 5.92 Å². The average molecular weight is 291 g/mol. The van der Waals surface area contributed by atoms with Crippen LogP contribution in [-0.4, -0.2) is 28.4 Å². The molecule has 104 valence electrons. The van der Waals surface area contributed by atoms with Gasteiger partial charge in [-0.3, -0.25) is 24.6 Å². The van der Waals surface area contributed by atoms with Crippen molar-refractivity contribution in [1.29, 1.82) is 0 Å². The molecule has 1 fully saturated rings. The minimum atomic E-state index is -0.405.